The number of pyridine rings is 1. The van der Waals surface area contributed by atoms with Gasteiger partial charge >= 0.3 is 6.09 Å². The topological polar surface area (TPSA) is 76.0 Å². The summed E-state index contributed by atoms with van der Waals surface area (Å²) in [5, 5.41) is 6.85. The zero-order chi connectivity index (χ0) is 21.8. The summed E-state index contributed by atoms with van der Waals surface area (Å²) in [4.78, 5) is 19.2. The number of H-pyrrole nitrogens is 1. The van der Waals surface area contributed by atoms with E-state index in [1.807, 2.05) is 47.5 Å². The minimum Gasteiger partial charge on any atom is -0.445 e. The van der Waals surface area contributed by atoms with Gasteiger partial charge in [-0.15, -0.1) is 0 Å². The van der Waals surface area contributed by atoms with Crippen molar-refractivity contribution in [3.63, 3.8) is 0 Å². The molecule has 0 bridgehead atoms. The van der Waals surface area contributed by atoms with Gasteiger partial charge in [-0.05, 0) is 48.9 Å². The highest BCUT2D eigenvalue weighted by atomic mass is 16.6. The molecule has 1 fully saturated rings. The summed E-state index contributed by atoms with van der Waals surface area (Å²) < 4.78 is 7.82. The van der Waals surface area contributed by atoms with Crippen molar-refractivity contribution in [3.05, 3.63) is 72.7 Å². The Balaban J connectivity index is 1.19. The van der Waals surface area contributed by atoms with E-state index in [2.05, 4.69) is 33.1 Å². The van der Waals surface area contributed by atoms with Crippen LogP contribution < -0.4 is 0 Å². The average molecular weight is 430 g/mol. The number of nitrogens with one attached hydrogen (secondary N) is 1. The Bertz CT molecular complexity index is 1170. The molecular weight excluding hydrogens is 402 g/mol. The van der Waals surface area contributed by atoms with Gasteiger partial charge in [-0.25, -0.2) is 9.78 Å². The van der Waals surface area contributed by atoms with Crippen molar-refractivity contribution in [2.24, 2.45) is 5.92 Å². The molecule has 4 heterocycles. The summed E-state index contributed by atoms with van der Waals surface area (Å²) in [6.45, 7) is 2.75. The lowest BCUT2D eigenvalue weighted by molar-refractivity contribution is 0.0970. The summed E-state index contributed by atoms with van der Waals surface area (Å²) in [6, 6.07) is 16.1. The van der Waals surface area contributed by atoms with Crippen LogP contribution in [-0.2, 0) is 17.9 Å². The number of rotatable bonds is 5. The molecule has 1 aliphatic rings. The maximum absolute atomic E-state index is 12.5. The summed E-state index contributed by atoms with van der Waals surface area (Å²) >= 11 is 0. The summed E-state index contributed by atoms with van der Waals surface area (Å²) in [7, 11) is 0. The number of carbonyl (C=O) groups excluding carboxylic acids is 1. The van der Waals surface area contributed by atoms with Gasteiger partial charge in [0.15, 0.2) is 0 Å². The zero-order valence-corrected chi connectivity index (χ0v) is 18.0. The van der Waals surface area contributed by atoms with Crippen molar-refractivity contribution in [1.82, 2.24) is 24.6 Å². The maximum atomic E-state index is 12.5. The second-order valence-electron chi connectivity index (χ2n) is 8.38. The zero-order valence-electron chi connectivity index (χ0n) is 18.0. The molecule has 7 heteroatoms. The largest absolute Gasteiger partial charge is 0.445 e. The fraction of sp³-hybridized carbons (Fsp3) is 0.320. The van der Waals surface area contributed by atoms with Crippen LogP contribution in [0.15, 0.2) is 67.1 Å². The number of hydrogen-bond donors (Lipinski definition) is 1. The SMILES string of the molecule is O=C(OCc1ccccc1)N1CCCC(Cn2ccc3nc(-c4cn[nH]c4)ccc32)CC1. The molecule has 5 rings (SSSR count). The molecule has 164 valence electrons. The van der Waals surface area contributed by atoms with E-state index < -0.39 is 0 Å². The van der Waals surface area contributed by atoms with Crippen LogP contribution in [0.5, 0.6) is 0 Å². The van der Waals surface area contributed by atoms with Crippen molar-refractivity contribution in [1.29, 1.82) is 0 Å². The Morgan fingerprint density at radius 1 is 1.09 bits per heavy atom. The monoisotopic (exact) mass is 429 g/mol. The van der Waals surface area contributed by atoms with Crippen LogP contribution in [0.3, 0.4) is 0 Å². The molecule has 0 aliphatic carbocycles. The lowest BCUT2D eigenvalue weighted by atomic mass is 10.0. The molecule has 7 nitrogen and oxygen atoms in total. The standard InChI is InChI=1S/C25H27N5O2/c31-25(32-18-20-5-2-1-3-6-20)29-12-4-7-19(10-13-29)17-30-14-11-23-24(30)9-8-22(28-23)21-15-26-27-16-21/h1-3,5-6,8-9,11,14-16,19H,4,7,10,12-13,17-18H2,(H,26,27). The molecule has 32 heavy (non-hydrogen) atoms. The van der Waals surface area contributed by atoms with Gasteiger partial charge in [0.05, 0.1) is 22.9 Å². The number of aromatic nitrogens is 4. The van der Waals surface area contributed by atoms with Crippen LogP contribution >= 0.6 is 0 Å². The van der Waals surface area contributed by atoms with E-state index in [1.165, 1.54) is 0 Å². The highest BCUT2D eigenvalue weighted by molar-refractivity contribution is 5.79. The molecule has 4 aromatic rings. The Morgan fingerprint density at radius 3 is 2.84 bits per heavy atom. The third-order valence-electron chi connectivity index (χ3n) is 6.18. The number of aromatic amines is 1. The molecule has 0 radical (unpaired) electrons. The maximum Gasteiger partial charge on any atom is 0.410 e. The minimum absolute atomic E-state index is 0.211. The number of carbonyl (C=O) groups is 1. The highest BCUT2D eigenvalue weighted by Gasteiger charge is 2.22. The second-order valence-corrected chi connectivity index (χ2v) is 8.38. The molecule has 1 N–H and O–H groups in total. The summed E-state index contributed by atoms with van der Waals surface area (Å²) in [6.07, 6.45) is 8.61. The molecule has 3 aromatic heterocycles. The van der Waals surface area contributed by atoms with E-state index in [0.717, 1.165) is 66.8 Å². The van der Waals surface area contributed by atoms with Crippen LogP contribution in [0.1, 0.15) is 24.8 Å². The number of ether oxygens (including phenoxy) is 1. The molecular formula is C25H27N5O2. The van der Waals surface area contributed by atoms with Crippen molar-refractivity contribution in [2.75, 3.05) is 13.1 Å². The lowest BCUT2D eigenvalue weighted by Gasteiger charge is -2.20. The molecule has 1 amide bonds. The van der Waals surface area contributed by atoms with Gasteiger partial charge in [-0.1, -0.05) is 30.3 Å². The average Bonchev–Trinajstić information content (AvgIpc) is 3.44. The number of benzene rings is 1. The van der Waals surface area contributed by atoms with Crippen LogP contribution in [0.25, 0.3) is 22.3 Å². The third-order valence-corrected chi connectivity index (χ3v) is 6.18. The Hall–Kier alpha value is -3.61. The van der Waals surface area contributed by atoms with Gasteiger partial charge in [0.1, 0.15) is 6.61 Å². The van der Waals surface area contributed by atoms with E-state index in [9.17, 15) is 4.79 Å². The van der Waals surface area contributed by atoms with Gasteiger partial charge in [0.2, 0.25) is 0 Å². The molecule has 1 unspecified atom stereocenters. The van der Waals surface area contributed by atoms with E-state index in [4.69, 9.17) is 9.72 Å². The van der Waals surface area contributed by atoms with E-state index in [1.54, 1.807) is 6.20 Å². The molecule has 1 aliphatic heterocycles. The van der Waals surface area contributed by atoms with Gasteiger partial charge in [0.25, 0.3) is 0 Å². The molecule has 1 atom stereocenters. The predicted molar refractivity (Wildman–Crippen MR) is 123 cm³/mol. The van der Waals surface area contributed by atoms with Crippen molar-refractivity contribution in [3.8, 4) is 11.3 Å². The van der Waals surface area contributed by atoms with Gasteiger partial charge in [-0.2, -0.15) is 5.10 Å². The highest BCUT2D eigenvalue weighted by Crippen LogP contribution is 2.25. The fourth-order valence-corrected chi connectivity index (χ4v) is 4.40. The molecule has 1 aromatic carbocycles. The molecule has 0 saturated carbocycles. The number of fused-ring (bicyclic) bond motifs is 1. The number of hydrogen-bond acceptors (Lipinski definition) is 4. The lowest BCUT2D eigenvalue weighted by Crippen LogP contribution is -2.32. The van der Waals surface area contributed by atoms with Crippen LogP contribution in [-0.4, -0.2) is 43.8 Å². The van der Waals surface area contributed by atoms with Crippen molar-refractivity contribution in [2.45, 2.75) is 32.4 Å². The summed E-state index contributed by atoms with van der Waals surface area (Å²) in [5.74, 6) is 0.520. The fourth-order valence-electron chi connectivity index (χ4n) is 4.40. The quantitative estimate of drug-likeness (QED) is 0.491. The van der Waals surface area contributed by atoms with Gasteiger partial charge in [0, 0.05) is 37.6 Å². The van der Waals surface area contributed by atoms with Gasteiger partial charge < -0.3 is 14.2 Å². The van der Waals surface area contributed by atoms with E-state index in [-0.39, 0.29) is 6.09 Å². The van der Waals surface area contributed by atoms with Crippen LogP contribution in [0.2, 0.25) is 0 Å². The normalized spacial score (nSPS) is 16.8. The van der Waals surface area contributed by atoms with E-state index >= 15 is 0 Å². The van der Waals surface area contributed by atoms with Crippen LogP contribution in [0, 0.1) is 5.92 Å². The predicted octanol–water partition coefficient (Wildman–Crippen LogP) is 4.87. The third kappa shape index (κ3) is 4.51. The Kier molecular flexibility index (Phi) is 5.87. The van der Waals surface area contributed by atoms with Gasteiger partial charge in [-0.3, -0.25) is 5.10 Å². The van der Waals surface area contributed by atoms with Crippen LogP contribution in [0.4, 0.5) is 4.79 Å². The number of amides is 1. The second kappa shape index (κ2) is 9.26. The Labute approximate surface area is 187 Å². The Morgan fingerprint density at radius 2 is 2.00 bits per heavy atom. The molecule has 1 saturated heterocycles. The number of nitrogens with zero attached hydrogens (tertiary/aromatic N) is 4. The van der Waals surface area contributed by atoms with Crippen molar-refractivity contribution < 1.29 is 9.53 Å². The van der Waals surface area contributed by atoms with E-state index in [0.29, 0.717) is 12.5 Å². The number of likely N-dealkylation sites (tertiary alicyclic amines) is 1. The van der Waals surface area contributed by atoms with Crippen molar-refractivity contribution >= 4 is 17.1 Å². The first-order valence-electron chi connectivity index (χ1n) is 11.2. The smallest absolute Gasteiger partial charge is 0.410 e. The summed E-state index contributed by atoms with van der Waals surface area (Å²) in [5.41, 5.74) is 5.05. The first-order chi connectivity index (χ1) is 15.8. The minimum atomic E-state index is -0.211. The first kappa shape index (κ1) is 20.3. The first-order valence-corrected chi connectivity index (χ1v) is 11.2. The molecule has 0 spiro atoms.